The average Bonchev–Trinajstić information content (AvgIpc) is 3.64. The molecule has 47 heavy (non-hydrogen) atoms. The Hall–Kier alpha value is -1.85. The predicted molar refractivity (Wildman–Crippen MR) is 189 cm³/mol. The van der Waals surface area contributed by atoms with Gasteiger partial charge in [-0.2, -0.15) is 16.4 Å². The molecule has 9 atom stereocenters. The van der Waals surface area contributed by atoms with E-state index in [0.717, 1.165) is 38.0 Å². The van der Waals surface area contributed by atoms with Gasteiger partial charge >= 0.3 is 0 Å². The molecule has 0 radical (unpaired) electrons. The first-order valence-corrected chi connectivity index (χ1v) is 18.7. The minimum Gasteiger partial charge on any atom is -0.394 e. The third-order valence-corrected chi connectivity index (χ3v) is 12.3. The van der Waals surface area contributed by atoms with Gasteiger partial charge < -0.3 is 20.4 Å². The quantitative estimate of drug-likeness (QED) is 0.235. The van der Waals surface area contributed by atoms with Gasteiger partial charge in [0.1, 0.15) is 12.1 Å². The number of aliphatic hydroxyl groups is 2. The molecule has 2 aromatic rings. The third-order valence-electron chi connectivity index (χ3n) is 11.6. The zero-order valence-corrected chi connectivity index (χ0v) is 30.7. The molecule has 262 valence electrons. The van der Waals surface area contributed by atoms with Crippen molar-refractivity contribution >= 4 is 17.2 Å². The standard InChI is InChI=1S/C38H60N4O4S/c1-24(2)14-31(21-40(7)8)41(19-29-12-13-47-23-29)18-27-10-9-11-28(15-27)20-42-36(35(26(4)44)34(22-43)46-42)37(45)39-33-17-30-16-32(25(33)3)38(30,5)6/h9-13,15,23-26,30-36,43-44H,14,16-22H2,1-8H3,(H,39,45)/t25-,26+,30-,31+,32-,33+,34+,35-,36+/m1/s1. The summed E-state index contributed by atoms with van der Waals surface area (Å²) in [5.74, 6) is 1.58. The predicted octanol–water partition coefficient (Wildman–Crippen LogP) is 5.39. The van der Waals surface area contributed by atoms with Crippen LogP contribution in [0.15, 0.2) is 41.1 Å². The van der Waals surface area contributed by atoms with Gasteiger partial charge in [0.2, 0.25) is 5.91 Å². The molecule has 1 aliphatic heterocycles. The van der Waals surface area contributed by atoms with Crippen molar-refractivity contribution in [2.75, 3.05) is 27.2 Å². The molecule has 8 nitrogen and oxygen atoms in total. The van der Waals surface area contributed by atoms with Gasteiger partial charge in [0, 0.05) is 37.6 Å². The van der Waals surface area contributed by atoms with Gasteiger partial charge in [-0.05, 0) is 103 Å². The first-order chi connectivity index (χ1) is 22.3. The van der Waals surface area contributed by atoms with Crippen LogP contribution in [0.2, 0.25) is 0 Å². The van der Waals surface area contributed by atoms with E-state index in [1.54, 1.807) is 23.3 Å². The van der Waals surface area contributed by atoms with Crippen molar-refractivity contribution in [2.45, 2.75) is 111 Å². The highest BCUT2D eigenvalue weighted by atomic mass is 32.1. The van der Waals surface area contributed by atoms with E-state index >= 15 is 0 Å². The van der Waals surface area contributed by atoms with E-state index < -0.39 is 24.2 Å². The Morgan fingerprint density at radius 2 is 1.85 bits per heavy atom. The van der Waals surface area contributed by atoms with Crippen molar-refractivity contribution in [3.63, 3.8) is 0 Å². The Kier molecular flexibility index (Phi) is 11.9. The Morgan fingerprint density at radius 3 is 2.45 bits per heavy atom. The summed E-state index contributed by atoms with van der Waals surface area (Å²) in [5.41, 5.74) is 3.93. The summed E-state index contributed by atoms with van der Waals surface area (Å²) in [7, 11) is 4.30. The zero-order valence-electron chi connectivity index (χ0n) is 29.9. The summed E-state index contributed by atoms with van der Waals surface area (Å²) >= 11 is 1.74. The van der Waals surface area contributed by atoms with E-state index in [1.807, 2.05) is 0 Å². The van der Waals surface area contributed by atoms with Crippen LogP contribution in [-0.4, -0.2) is 88.6 Å². The number of rotatable bonds is 15. The normalized spacial score (nSPS) is 30.1. The number of aliphatic hydroxyl groups excluding tert-OH is 2. The SMILES string of the molecule is CC(C)C[C@@H](CN(C)C)N(Cc1ccsc1)Cc1cccc(CN2O[C@@H](CO)[C@@H]([C@H](C)O)[C@H]2C(=O)N[C@H]2C[C@H]3C[C@H]([C@H]2C)C3(C)C)c1. The first kappa shape index (κ1) is 36.4. The molecule has 1 aromatic carbocycles. The molecular formula is C38H60N4O4S. The van der Waals surface area contributed by atoms with Crippen LogP contribution in [-0.2, 0) is 29.3 Å². The molecule has 3 aliphatic carbocycles. The fraction of sp³-hybridized carbons (Fsp3) is 0.711. The number of carbonyl (C=O) groups is 1. The van der Waals surface area contributed by atoms with Crippen LogP contribution in [0.3, 0.4) is 0 Å². The average molecular weight is 669 g/mol. The lowest BCUT2D eigenvalue weighted by atomic mass is 9.45. The van der Waals surface area contributed by atoms with Crippen LogP contribution in [0.25, 0.3) is 0 Å². The maximum absolute atomic E-state index is 14.1. The summed E-state index contributed by atoms with van der Waals surface area (Å²) in [6.45, 7) is 16.1. The van der Waals surface area contributed by atoms with Gasteiger partial charge in [0.25, 0.3) is 0 Å². The van der Waals surface area contributed by atoms with Crippen molar-refractivity contribution in [2.24, 2.45) is 35.0 Å². The smallest absolute Gasteiger partial charge is 0.240 e. The number of thiophene rings is 1. The summed E-state index contributed by atoms with van der Waals surface area (Å²) < 4.78 is 0. The number of hydrogen-bond donors (Lipinski definition) is 3. The minimum atomic E-state index is -0.810. The first-order valence-electron chi connectivity index (χ1n) is 17.8. The van der Waals surface area contributed by atoms with Gasteiger partial charge in [-0.3, -0.25) is 14.5 Å². The topological polar surface area (TPSA) is 88.5 Å². The highest BCUT2D eigenvalue weighted by Gasteiger charge is 2.57. The van der Waals surface area contributed by atoms with Crippen LogP contribution in [0.4, 0.5) is 0 Å². The molecule has 1 amide bonds. The van der Waals surface area contributed by atoms with Crippen LogP contribution < -0.4 is 5.32 Å². The Labute approximate surface area is 287 Å². The van der Waals surface area contributed by atoms with Crippen molar-refractivity contribution in [3.05, 3.63) is 57.8 Å². The maximum Gasteiger partial charge on any atom is 0.240 e. The second-order valence-corrected chi connectivity index (χ2v) is 16.9. The molecule has 4 aliphatic rings. The Morgan fingerprint density at radius 1 is 1.13 bits per heavy atom. The largest absolute Gasteiger partial charge is 0.394 e. The van der Waals surface area contributed by atoms with Crippen molar-refractivity contribution in [3.8, 4) is 0 Å². The van der Waals surface area contributed by atoms with Crippen LogP contribution in [0, 0.1) is 35.0 Å². The molecule has 2 bridgehead atoms. The lowest BCUT2D eigenvalue weighted by Gasteiger charge is -2.62. The molecule has 2 heterocycles. The lowest BCUT2D eigenvalue weighted by Crippen LogP contribution is -2.62. The van der Waals surface area contributed by atoms with Gasteiger partial charge in [-0.1, -0.05) is 58.9 Å². The van der Waals surface area contributed by atoms with Crippen LogP contribution >= 0.6 is 11.3 Å². The number of carbonyl (C=O) groups excluding carboxylic acids is 1. The summed E-state index contributed by atoms with van der Waals surface area (Å²) in [6.07, 6.45) is 1.89. The van der Waals surface area contributed by atoms with E-state index in [4.69, 9.17) is 4.84 Å². The Bertz CT molecular complexity index is 1290. The maximum atomic E-state index is 14.1. The van der Waals surface area contributed by atoms with Crippen LogP contribution in [0.1, 0.15) is 77.5 Å². The van der Waals surface area contributed by atoms with E-state index in [9.17, 15) is 15.0 Å². The van der Waals surface area contributed by atoms with E-state index in [-0.39, 0.29) is 18.6 Å². The summed E-state index contributed by atoms with van der Waals surface area (Å²) in [5, 5.41) is 30.6. The second-order valence-electron chi connectivity index (χ2n) is 16.1. The monoisotopic (exact) mass is 668 g/mol. The van der Waals surface area contributed by atoms with Crippen molar-refractivity contribution < 1.29 is 19.8 Å². The highest BCUT2D eigenvalue weighted by Crippen LogP contribution is 2.61. The number of likely N-dealkylation sites (N-methyl/N-ethyl adjacent to an activating group) is 1. The molecule has 3 saturated carbocycles. The molecule has 9 heteroatoms. The van der Waals surface area contributed by atoms with Gasteiger partial charge in [0.05, 0.1) is 19.3 Å². The highest BCUT2D eigenvalue weighted by molar-refractivity contribution is 7.07. The molecule has 0 unspecified atom stereocenters. The number of nitrogens with zero attached hydrogens (tertiary/aromatic N) is 3. The van der Waals surface area contributed by atoms with Gasteiger partial charge in [0.15, 0.2) is 0 Å². The minimum absolute atomic E-state index is 0.110. The Balaban J connectivity index is 1.34. The number of hydrogen-bond acceptors (Lipinski definition) is 8. The molecule has 1 aromatic heterocycles. The number of fused-ring (bicyclic) bond motifs is 2. The molecule has 4 fully saturated rings. The number of hydroxylamine groups is 2. The fourth-order valence-electron chi connectivity index (χ4n) is 8.96. The molecular weight excluding hydrogens is 609 g/mol. The number of benzene rings is 1. The van der Waals surface area contributed by atoms with Gasteiger partial charge in [-0.25, -0.2) is 0 Å². The fourth-order valence-corrected chi connectivity index (χ4v) is 9.62. The molecule has 1 saturated heterocycles. The number of amides is 1. The van der Waals surface area contributed by atoms with Gasteiger partial charge in [-0.15, -0.1) is 0 Å². The van der Waals surface area contributed by atoms with Crippen molar-refractivity contribution in [1.82, 2.24) is 20.2 Å². The molecule has 6 rings (SSSR count). The summed E-state index contributed by atoms with van der Waals surface area (Å²) in [4.78, 5) is 25.3. The van der Waals surface area contributed by atoms with E-state index in [0.29, 0.717) is 41.7 Å². The lowest BCUT2D eigenvalue weighted by molar-refractivity contribution is -0.183. The molecule has 0 spiro atoms. The third kappa shape index (κ3) is 8.31. The second kappa shape index (κ2) is 15.4. The van der Waals surface area contributed by atoms with Crippen LogP contribution in [0.5, 0.6) is 0 Å². The van der Waals surface area contributed by atoms with Crippen molar-refractivity contribution in [1.29, 1.82) is 0 Å². The molecule has 3 N–H and O–H groups in total. The van der Waals surface area contributed by atoms with E-state index in [1.165, 1.54) is 17.5 Å². The van der Waals surface area contributed by atoms with E-state index in [2.05, 4.69) is 105 Å². The summed E-state index contributed by atoms with van der Waals surface area (Å²) in [6, 6.07) is 10.6. The zero-order chi connectivity index (χ0) is 34.0. The number of nitrogens with one attached hydrogen (secondary N) is 1.